The normalized spacial score (nSPS) is 12.4. The second-order valence-corrected chi connectivity index (χ2v) is 5.20. The monoisotopic (exact) mass is 277 g/mol. The maximum atomic E-state index is 13.1. The first kappa shape index (κ1) is 14.0. The molecule has 1 atom stereocenters. The van der Waals surface area contributed by atoms with Gasteiger partial charge in [0.25, 0.3) is 0 Å². The van der Waals surface area contributed by atoms with Crippen molar-refractivity contribution in [3.8, 4) is 0 Å². The van der Waals surface area contributed by atoms with Crippen LogP contribution in [0.1, 0.15) is 11.1 Å². The first-order chi connectivity index (χ1) is 9.17. The van der Waals surface area contributed by atoms with Crippen molar-refractivity contribution >= 4 is 11.6 Å². The molecule has 0 saturated carbocycles. The van der Waals surface area contributed by atoms with Crippen molar-refractivity contribution in [3.63, 3.8) is 0 Å². The fourth-order valence-corrected chi connectivity index (χ4v) is 2.32. The third kappa shape index (κ3) is 4.34. The van der Waals surface area contributed by atoms with Crippen LogP contribution in [0.25, 0.3) is 0 Å². The van der Waals surface area contributed by atoms with Gasteiger partial charge in [-0.3, -0.25) is 0 Å². The zero-order valence-corrected chi connectivity index (χ0v) is 11.4. The molecule has 0 aliphatic carbocycles. The third-order valence-corrected chi connectivity index (χ3v) is 3.44. The Labute approximate surface area is 118 Å². The Balaban J connectivity index is 2.02. The molecule has 0 aliphatic rings. The minimum absolute atomic E-state index is 0.195. The Morgan fingerprint density at radius 1 is 1.00 bits per heavy atom. The van der Waals surface area contributed by atoms with E-state index >= 15 is 0 Å². The van der Waals surface area contributed by atoms with Crippen molar-refractivity contribution in [1.82, 2.24) is 0 Å². The van der Waals surface area contributed by atoms with E-state index in [0.717, 1.165) is 23.4 Å². The maximum Gasteiger partial charge on any atom is 0.123 e. The smallest absolute Gasteiger partial charge is 0.123 e. The molecule has 0 fully saturated rings. The second-order valence-electron chi connectivity index (χ2n) is 4.77. The van der Waals surface area contributed by atoms with Crippen molar-refractivity contribution in [2.24, 2.45) is 11.7 Å². The molecule has 0 heterocycles. The first-order valence-corrected chi connectivity index (χ1v) is 6.74. The van der Waals surface area contributed by atoms with Crippen LogP contribution in [0.15, 0.2) is 48.5 Å². The van der Waals surface area contributed by atoms with Crippen molar-refractivity contribution in [2.75, 3.05) is 6.54 Å². The van der Waals surface area contributed by atoms with Crippen LogP contribution in [0.4, 0.5) is 4.39 Å². The van der Waals surface area contributed by atoms with Gasteiger partial charge in [0.1, 0.15) is 5.82 Å². The van der Waals surface area contributed by atoms with E-state index in [1.165, 1.54) is 11.6 Å². The third-order valence-electron chi connectivity index (χ3n) is 3.18. The van der Waals surface area contributed by atoms with Crippen LogP contribution in [0.5, 0.6) is 0 Å². The Bertz CT molecular complexity index is 525. The highest BCUT2D eigenvalue weighted by molar-refractivity contribution is 6.30. The van der Waals surface area contributed by atoms with Gasteiger partial charge in [0, 0.05) is 5.02 Å². The lowest BCUT2D eigenvalue weighted by Gasteiger charge is -2.15. The summed E-state index contributed by atoms with van der Waals surface area (Å²) in [5.41, 5.74) is 8.01. The molecule has 2 rings (SSSR count). The minimum atomic E-state index is -0.195. The van der Waals surface area contributed by atoms with E-state index in [0.29, 0.717) is 12.5 Å². The van der Waals surface area contributed by atoms with Crippen LogP contribution in [0.2, 0.25) is 5.02 Å². The van der Waals surface area contributed by atoms with Crippen LogP contribution in [0, 0.1) is 11.7 Å². The first-order valence-electron chi connectivity index (χ1n) is 6.36. The Morgan fingerprint density at radius 2 is 1.68 bits per heavy atom. The summed E-state index contributed by atoms with van der Waals surface area (Å²) in [6.07, 6.45) is 1.67. The van der Waals surface area contributed by atoms with Crippen molar-refractivity contribution in [1.29, 1.82) is 0 Å². The molecule has 2 aromatic carbocycles. The van der Waals surface area contributed by atoms with Crippen molar-refractivity contribution in [2.45, 2.75) is 12.8 Å². The highest BCUT2D eigenvalue weighted by Crippen LogP contribution is 2.17. The van der Waals surface area contributed by atoms with Gasteiger partial charge < -0.3 is 5.73 Å². The molecule has 0 radical (unpaired) electrons. The van der Waals surface area contributed by atoms with E-state index in [2.05, 4.69) is 0 Å². The van der Waals surface area contributed by atoms with E-state index in [-0.39, 0.29) is 5.82 Å². The molecule has 0 bridgehead atoms. The van der Waals surface area contributed by atoms with E-state index < -0.39 is 0 Å². The summed E-state index contributed by atoms with van der Waals surface area (Å²) in [4.78, 5) is 0. The van der Waals surface area contributed by atoms with Gasteiger partial charge >= 0.3 is 0 Å². The number of rotatable bonds is 5. The number of benzene rings is 2. The number of hydrogen-bond donors (Lipinski definition) is 1. The summed E-state index contributed by atoms with van der Waals surface area (Å²) < 4.78 is 13.1. The maximum absolute atomic E-state index is 13.1. The van der Waals surface area contributed by atoms with Crippen LogP contribution < -0.4 is 5.73 Å². The topological polar surface area (TPSA) is 26.0 Å². The molecule has 2 N–H and O–H groups in total. The van der Waals surface area contributed by atoms with Crippen LogP contribution in [-0.4, -0.2) is 6.54 Å². The summed E-state index contributed by atoms with van der Waals surface area (Å²) in [6, 6.07) is 14.5. The zero-order valence-electron chi connectivity index (χ0n) is 10.7. The van der Waals surface area contributed by atoms with Crippen molar-refractivity contribution < 1.29 is 4.39 Å². The molecule has 3 heteroatoms. The zero-order chi connectivity index (χ0) is 13.7. The molecule has 0 aromatic heterocycles. The SMILES string of the molecule is NCC(Cc1ccc(Cl)cc1)Cc1cccc(F)c1. The molecule has 100 valence electrons. The largest absolute Gasteiger partial charge is 0.330 e. The molecule has 0 saturated heterocycles. The Hall–Kier alpha value is -1.38. The number of halogens is 2. The van der Waals surface area contributed by atoms with Gasteiger partial charge in [0.2, 0.25) is 0 Å². The lowest BCUT2D eigenvalue weighted by atomic mass is 9.92. The van der Waals surface area contributed by atoms with Gasteiger partial charge in [0.15, 0.2) is 0 Å². The van der Waals surface area contributed by atoms with Crippen LogP contribution in [-0.2, 0) is 12.8 Å². The molecular weight excluding hydrogens is 261 g/mol. The standard InChI is InChI=1S/C16H17ClFN/c17-15-6-4-12(5-7-15)8-14(11-19)9-13-2-1-3-16(18)10-13/h1-7,10,14H,8-9,11,19H2. The highest BCUT2D eigenvalue weighted by atomic mass is 35.5. The second kappa shape index (κ2) is 6.69. The number of nitrogens with two attached hydrogens (primary N) is 1. The molecule has 0 amide bonds. The summed E-state index contributed by atoms with van der Waals surface area (Å²) in [5, 5.41) is 0.734. The van der Waals surface area contributed by atoms with Gasteiger partial charge in [-0.2, -0.15) is 0 Å². The number of hydrogen-bond acceptors (Lipinski definition) is 1. The van der Waals surface area contributed by atoms with Gasteiger partial charge in [0.05, 0.1) is 0 Å². The summed E-state index contributed by atoms with van der Waals surface area (Å²) in [7, 11) is 0. The lowest BCUT2D eigenvalue weighted by molar-refractivity contribution is 0.530. The quantitative estimate of drug-likeness (QED) is 0.883. The average molecular weight is 278 g/mol. The molecule has 0 spiro atoms. The van der Waals surface area contributed by atoms with Gasteiger partial charge in [-0.1, -0.05) is 35.9 Å². The molecule has 1 nitrogen and oxygen atoms in total. The predicted molar refractivity (Wildman–Crippen MR) is 77.8 cm³/mol. The minimum Gasteiger partial charge on any atom is -0.330 e. The van der Waals surface area contributed by atoms with E-state index in [4.69, 9.17) is 17.3 Å². The Morgan fingerprint density at radius 3 is 2.32 bits per heavy atom. The van der Waals surface area contributed by atoms with Crippen LogP contribution >= 0.6 is 11.6 Å². The van der Waals surface area contributed by atoms with Gasteiger partial charge in [-0.05, 0) is 60.7 Å². The van der Waals surface area contributed by atoms with E-state index in [9.17, 15) is 4.39 Å². The molecule has 19 heavy (non-hydrogen) atoms. The van der Waals surface area contributed by atoms with E-state index in [1.54, 1.807) is 12.1 Å². The predicted octanol–water partition coefficient (Wildman–Crippen LogP) is 3.84. The summed E-state index contributed by atoms with van der Waals surface area (Å²) >= 11 is 5.86. The fourth-order valence-electron chi connectivity index (χ4n) is 2.19. The molecular formula is C16H17ClFN. The molecule has 2 aromatic rings. The van der Waals surface area contributed by atoms with Crippen LogP contribution in [0.3, 0.4) is 0 Å². The summed E-state index contributed by atoms with van der Waals surface area (Å²) in [6.45, 7) is 0.582. The average Bonchev–Trinajstić information content (AvgIpc) is 2.40. The van der Waals surface area contributed by atoms with Gasteiger partial charge in [-0.25, -0.2) is 4.39 Å². The van der Waals surface area contributed by atoms with Crippen molar-refractivity contribution in [3.05, 3.63) is 70.5 Å². The lowest BCUT2D eigenvalue weighted by Crippen LogP contribution is -2.19. The molecule has 1 unspecified atom stereocenters. The van der Waals surface area contributed by atoms with E-state index in [1.807, 2.05) is 30.3 Å². The fraction of sp³-hybridized carbons (Fsp3) is 0.250. The van der Waals surface area contributed by atoms with Gasteiger partial charge in [-0.15, -0.1) is 0 Å². The summed E-state index contributed by atoms with van der Waals surface area (Å²) in [5.74, 6) is 0.114. The molecule has 0 aliphatic heterocycles. The highest BCUT2D eigenvalue weighted by Gasteiger charge is 2.09. The Kier molecular flexibility index (Phi) is 4.94.